The van der Waals surface area contributed by atoms with Gasteiger partial charge < -0.3 is 14.8 Å². The van der Waals surface area contributed by atoms with E-state index in [4.69, 9.17) is 9.47 Å². The molecule has 5 nitrogen and oxygen atoms in total. The lowest BCUT2D eigenvalue weighted by Gasteiger charge is -2.10. The van der Waals surface area contributed by atoms with Crippen LogP contribution in [-0.2, 0) is 11.2 Å². The van der Waals surface area contributed by atoms with Crippen molar-refractivity contribution in [3.63, 3.8) is 0 Å². The molecule has 0 saturated heterocycles. The van der Waals surface area contributed by atoms with Gasteiger partial charge >= 0.3 is 0 Å². The van der Waals surface area contributed by atoms with Gasteiger partial charge in [-0.1, -0.05) is 12.1 Å². The van der Waals surface area contributed by atoms with E-state index in [1.54, 1.807) is 41.9 Å². The fraction of sp³-hybridized carbons (Fsp3) is 0.263. The molecule has 1 aromatic carbocycles. The Balaban J connectivity index is 1.43. The molecule has 0 fully saturated rings. The van der Waals surface area contributed by atoms with Crippen LogP contribution < -0.4 is 14.8 Å². The zero-order valence-electron chi connectivity index (χ0n) is 14.7. The van der Waals surface area contributed by atoms with E-state index < -0.39 is 0 Å². The highest BCUT2D eigenvalue weighted by Crippen LogP contribution is 2.29. The van der Waals surface area contributed by atoms with Crippen molar-refractivity contribution >= 4 is 28.6 Å². The minimum absolute atomic E-state index is 0.0336. The standard InChI is InChI=1S/C19H20N2O3S2/c1-13-21-15(12-25-13)18-8-7-14(26-18)9-10-20-19(22)11-24-17-6-4-3-5-16(17)23-2/h3-8,12H,9-11H2,1-2H3,(H,20,22). The number of thiazole rings is 1. The molecule has 0 atom stereocenters. The predicted octanol–water partition coefficient (Wildman–Crippen LogP) is 3.93. The van der Waals surface area contributed by atoms with E-state index in [1.807, 2.05) is 19.1 Å². The molecule has 7 heteroatoms. The second-order valence-corrected chi connectivity index (χ2v) is 7.79. The van der Waals surface area contributed by atoms with Crippen molar-refractivity contribution in [2.45, 2.75) is 13.3 Å². The lowest BCUT2D eigenvalue weighted by Crippen LogP contribution is -2.30. The largest absolute Gasteiger partial charge is 0.493 e. The Morgan fingerprint density at radius 1 is 1.19 bits per heavy atom. The summed E-state index contributed by atoms with van der Waals surface area (Å²) in [6, 6.07) is 11.4. The van der Waals surface area contributed by atoms with Gasteiger partial charge in [-0.2, -0.15) is 0 Å². The number of thiophene rings is 1. The maximum Gasteiger partial charge on any atom is 0.257 e. The van der Waals surface area contributed by atoms with E-state index in [0.717, 1.165) is 22.0 Å². The van der Waals surface area contributed by atoms with Crippen LogP contribution in [0.3, 0.4) is 0 Å². The molecule has 0 aliphatic heterocycles. The third-order valence-corrected chi connectivity index (χ3v) is 5.60. The second kappa shape index (κ2) is 8.82. The van der Waals surface area contributed by atoms with Crippen LogP contribution in [-0.4, -0.2) is 31.2 Å². The number of hydrogen-bond donors (Lipinski definition) is 1. The molecule has 0 unspecified atom stereocenters. The maximum absolute atomic E-state index is 12.0. The van der Waals surface area contributed by atoms with Crippen LogP contribution in [0.15, 0.2) is 41.8 Å². The zero-order chi connectivity index (χ0) is 18.4. The highest BCUT2D eigenvalue weighted by atomic mass is 32.1. The second-order valence-electron chi connectivity index (χ2n) is 5.56. The number of aryl methyl sites for hydroxylation is 1. The van der Waals surface area contributed by atoms with Crippen molar-refractivity contribution in [1.82, 2.24) is 10.3 Å². The lowest BCUT2D eigenvalue weighted by atomic mass is 10.3. The summed E-state index contributed by atoms with van der Waals surface area (Å²) in [6.45, 7) is 2.55. The summed E-state index contributed by atoms with van der Waals surface area (Å²) < 4.78 is 10.7. The summed E-state index contributed by atoms with van der Waals surface area (Å²) in [6.07, 6.45) is 0.786. The molecule has 26 heavy (non-hydrogen) atoms. The highest BCUT2D eigenvalue weighted by Gasteiger charge is 2.08. The smallest absolute Gasteiger partial charge is 0.257 e. The molecule has 0 aliphatic rings. The Morgan fingerprint density at radius 3 is 2.73 bits per heavy atom. The highest BCUT2D eigenvalue weighted by molar-refractivity contribution is 7.16. The van der Waals surface area contributed by atoms with E-state index >= 15 is 0 Å². The van der Waals surface area contributed by atoms with Gasteiger partial charge in [-0.05, 0) is 37.6 Å². The van der Waals surface area contributed by atoms with Gasteiger partial charge in [-0.3, -0.25) is 4.79 Å². The first-order valence-electron chi connectivity index (χ1n) is 8.19. The summed E-state index contributed by atoms with van der Waals surface area (Å²) >= 11 is 3.36. The third-order valence-electron chi connectivity index (χ3n) is 3.65. The summed E-state index contributed by atoms with van der Waals surface area (Å²) in [4.78, 5) is 18.8. The normalized spacial score (nSPS) is 10.5. The van der Waals surface area contributed by atoms with Crippen LogP contribution in [0.2, 0.25) is 0 Å². The molecule has 136 valence electrons. The first-order valence-corrected chi connectivity index (χ1v) is 9.89. The molecule has 0 spiro atoms. The first-order chi connectivity index (χ1) is 12.7. The molecular weight excluding hydrogens is 368 g/mol. The molecule has 0 bridgehead atoms. The quantitative estimate of drug-likeness (QED) is 0.635. The molecular formula is C19H20N2O3S2. The number of hydrogen-bond acceptors (Lipinski definition) is 6. The van der Waals surface area contributed by atoms with Crippen LogP contribution >= 0.6 is 22.7 Å². The molecule has 0 saturated carbocycles. The monoisotopic (exact) mass is 388 g/mol. The van der Waals surface area contributed by atoms with Gasteiger partial charge in [0.2, 0.25) is 0 Å². The number of rotatable bonds is 8. The van der Waals surface area contributed by atoms with Crippen LogP contribution in [0.1, 0.15) is 9.88 Å². The molecule has 2 aromatic heterocycles. The number of methoxy groups -OCH3 is 1. The van der Waals surface area contributed by atoms with Gasteiger partial charge in [-0.15, -0.1) is 22.7 Å². The van der Waals surface area contributed by atoms with Crippen LogP contribution in [0.25, 0.3) is 10.6 Å². The van der Waals surface area contributed by atoms with Gasteiger partial charge in [0.25, 0.3) is 5.91 Å². The number of ether oxygens (including phenoxy) is 2. The Morgan fingerprint density at radius 2 is 2.00 bits per heavy atom. The number of nitrogens with one attached hydrogen (secondary N) is 1. The topological polar surface area (TPSA) is 60.5 Å². The molecule has 1 amide bonds. The van der Waals surface area contributed by atoms with Crippen molar-refractivity contribution in [3.8, 4) is 22.1 Å². The maximum atomic E-state index is 12.0. The molecule has 1 N–H and O–H groups in total. The summed E-state index contributed by atoms with van der Waals surface area (Å²) in [5.74, 6) is 1.03. The fourth-order valence-electron chi connectivity index (χ4n) is 2.38. The number of carbonyl (C=O) groups excluding carboxylic acids is 1. The molecule has 0 radical (unpaired) electrons. The average Bonchev–Trinajstić information content (AvgIpc) is 3.29. The number of aromatic nitrogens is 1. The minimum Gasteiger partial charge on any atom is -0.493 e. The van der Waals surface area contributed by atoms with Crippen molar-refractivity contribution in [3.05, 3.63) is 51.7 Å². The molecule has 2 heterocycles. The Labute approximate surface area is 160 Å². The van der Waals surface area contributed by atoms with E-state index in [9.17, 15) is 4.79 Å². The Bertz CT molecular complexity index is 873. The fourth-order valence-corrected chi connectivity index (χ4v) is 4.04. The predicted molar refractivity (Wildman–Crippen MR) is 105 cm³/mol. The van der Waals surface area contributed by atoms with Gasteiger partial charge in [0.05, 0.1) is 22.7 Å². The van der Waals surface area contributed by atoms with Crippen LogP contribution in [0.5, 0.6) is 11.5 Å². The van der Waals surface area contributed by atoms with Crippen LogP contribution in [0.4, 0.5) is 0 Å². The minimum atomic E-state index is -0.150. The van der Waals surface area contributed by atoms with E-state index in [2.05, 4.69) is 27.8 Å². The van der Waals surface area contributed by atoms with Gasteiger partial charge in [0, 0.05) is 16.8 Å². The molecule has 3 rings (SSSR count). The number of nitrogens with zero attached hydrogens (tertiary/aromatic N) is 1. The van der Waals surface area contributed by atoms with Crippen LogP contribution in [0, 0.1) is 6.92 Å². The van der Waals surface area contributed by atoms with Crippen molar-refractivity contribution < 1.29 is 14.3 Å². The van der Waals surface area contributed by atoms with Gasteiger partial charge in [0.1, 0.15) is 0 Å². The van der Waals surface area contributed by atoms with E-state index in [1.165, 1.54) is 4.88 Å². The average molecular weight is 389 g/mol. The Kier molecular flexibility index (Phi) is 6.25. The van der Waals surface area contributed by atoms with E-state index in [-0.39, 0.29) is 12.5 Å². The van der Waals surface area contributed by atoms with E-state index in [0.29, 0.717) is 18.0 Å². The summed E-state index contributed by atoms with van der Waals surface area (Å²) in [5.41, 5.74) is 1.03. The molecule has 0 aliphatic carbocycles. The van der Waals surface area contributed by atoms with Crippen molar-refractivity contribution in [1.29, 1.82) is 0 Å². The van der Waals surface area contributed by atoms with Crippen molar-refractivity contribution in [2.75, 3.05) is 20.3 Å². The summed E-state index contributed by atoms with van der Waals surface area (Å²) in [7, 11) is 1.57. The van der Waals surface area contributed by atoms with Crippen molar-refractivity contribution in [2.24, 2.45) is 0 Å². The van der Waals surface area contributed by atoms with Gasteiger partial charge in [-0.25, -0.2) is 4.98 Å². The molecule has 3 aromatic rings. The zero-order valence-corrected chi connectivity index (χ0v) is 16.3. The number of benzene rings is 1. The first kappa shape index (κ1) is 18.4. The van der Waals surface area contributed by atoms with Gasteiger partial charge in [0.15, 0.2) is 18.1 Å². The lowest BCUT2D eigenvalue weighted by molar-refractivity contribution is -0.123. The third kappa shape index (κ3) is 4.83. The number of carbonyl (C=O) groups is 1. The summed E-state index contributed by atoms with van der Waals surface area (Å²) in [5, 5.41) is 6.02. The Hall–Kier alpha value is -2.38. The number of para-hydroxylation sites is 2. The number of amides is 1. The SMILES string of the molecule is COc1ccccc1OCC(=O)NCCc1ccc(-c2csc(C)n2)s1.